The molecule has 3 saturated heterocycles. The highest BCUT2D eigenvalue weighted by Gasteiger charge is 2.36. The van der Waals surface area contributed by atoms with E-state index in [1.807, 2.05) is 6.07 Å². The van der Waals surface area contributed by atoms with Crippen LogP contribution in [-0.2, 0) is 11.2 Å². The molecule has 3 aliphatic heterocycles. The molecule has 1 amide bonds. The van der Waals surface area contributed by atoms with Crippen molar-refractivity contribution in [3.8, 4) is 0 Å². The predicted molar refractivity (Wildman–Crippen MR) is 99.4 cm³/mol. The molecule has 3 fully saturated rings. The molecule has 2 bridgehead atoms. The summed E-state index contributed by atoms with van der Waals surface area (Å²) in [5.41, 5.74) is 1.000. The van der Waals surface area contributed by atoms with Crippen molar-refractivity contribution in [1.82, 2.24) is 10.2 Å². The topological polar surface area (TPSA) is 32.3 Å². The van der Waals surface area contributed by atoms with Gasteiger partial charge in [0.15, 0.2) is 0 Å². The molecule has 3 heterocycles. The van der Waals surface area contributed by atoms with Crippen LogP contribution in [-0.4, -0.2) is 35.5 Å². The van der Waals surface area contributed by atoms with Gasteiger partial charge in [0.2, 0.25) is 5.91 Å². The standard InChI is InChI=1S/C20H27FN2O.ClH/c21-16-4-1-3-14(9-16)12-19-5-2-8-23(19)20(24)13-15-10-17-6-7-18(11-15)22-17;/h1,3-4,9,15,17-19,22H,2,5-8,10-13H2;1H. The van der Waals surface area contributed by atoms with E-state index in [0.29, 0.717) is 30.3 Å². The molecule has 1 N–H and O–H groups in total. The number of nitrogens with zero attached hydrogens (tertiary/aromatic N) is 1. The van der Waals surface area contributed by atoms with Gasteiger partial charge in [0, 0.05) is 31.1 Å². The first-order chi connectivity index (χ1) is 11.7. The van der Waals surface area contributed by atoms with Crippen molar-refractivity contribution in [2.24, 2.45) is 5.92 Å². The lowest BCUT2D eigenvalue weighted by Crippen LogP contribution is -2.42. The summed E-state index contributed by atoms with van der Waals surface area (Å²) in [6, 6.07) is 8.34. The second-order valence-corrected chi connectivity index (χ2v) is 7.90. The van der Waals surface area contributed by atoms with Crippen LogP contribution in [0.2, 0.25) is 0 Å². The molecule has 0 saturated carbocycles. The van der Waals surface area contributed by atoms with Gasteiger partial charge in [-0.3, -0.25) is 4.79 Å². The van der Waals surface area contributed by atoms with Crippen LogP contribution in [0.15, 0.2) is 24.3 Å². The number of carbonyl (C=O) groups is 1. The minimum Gasteiger partial charge on any atom is -0.339 e. The van der Waals surface area contributed by atoms with Crippen LogP contribution in [0.5, 0.6) is 0 Å². The Morgan fingerprint density at radius 2 is 1.96 bits per heavy atom. The van der Waals surface area contributed by atoms with Crippen LogP contribution in [0.4, 0.5) is 4.39 Å². The van der Waals surface area contributed by atoms with Gasteiger partial charge in [-0.05, 0) is 68.6 Å². The van der Waals surface area contributed by atoms with E-state index in [9.17, 15) is 9.18 Å². The van der Waals surface area contributed by atoms with Crippen LogP contribution < -0.4 is 5.32 Å². The van der Waals surface area contributed by atoms with Crippen molar-refractivity contribution in [2.75, 3.05) is 6.54 Å². The summed E-state index contributed by atoms with van der Waals surface area (Å²) in [5.74, 6) is 0.681. The first kappa shape index (κ1) is 18.7. The summed E-state index contributed by atoms with van der Waals surface area (Å²) < 4.78 is 13.4. The minimum absolute atomic E-state index is 0. The van der Waals surface area contributed by atoms with E-state index in [1.165, 1.54) is 18.9 Å². The van der Waals surface area contributed by atoms with Crippen molar-refractivity contribution in [1.29, 1.82) is 0 Å². The Morgan fingerprint density at radius 3 is 2.68 bits per heavy atom. The predicted octanol–water partition coefficient (Wildman–Crippen LogP) is 3.70. The summed E-state index contributed by atoms with van der Waals surface area (Å²) in [7, 11) is 0. The summed E-state index contributed by atoms with van der Waals surface area (Å²) in [6.07, 6.45) is 8.47. The van der Waals surface area contributed by atoms with Gasteiger partial charge in [-0.25, -0.2) is 4.39 Å². The van der Waals surface area contributed by atoms with Gasteiger partial charge in [0.25, 0.3) is 0 Å². The van der Waals surface area contributed by atoms with Crippen LogP contribution in [0.25, 0.3) is 0 Å². The van der Waals surface area contributed by atoms with Gasteiger partial charge in [0.1, 0.15) is 5.82 Å². The van der Waals surface area contributed by atoms with Gasteiger partial charge in [0.05, 0.1) is 0 Å². The molecule has 3 atom stereocenters. The highest BCUT2D eigenvalue weighted by atomic mass is 35.5. The van der Waals surface area contributed by atoms with Crippen molar-refractivity contribution in [2.45, 2.75) is 69.5 Å². The van der Waals surface area contributed by atoms with Crippen molar-refractivity contribution in [3.05, 3.63) is 35.6 Å². The minimum atomic E-state index is -0.187. The van der Waals surface area contributed by atoms with Crippen molar-refractivity contribution >= 4 is 18.3 Å². The number of hydrogen-bond donors (Lipinski definition) is 1. The molecule has 3 aliphatic rings. The van der Waals surface area contributed by atoms with E-state index in [0.717, 1.165) is 44.2 Å². The maximum absolute atomic E-state index is 13.4. The van der Waals surface area contributed by atoms with Crippen LogP contribution >= 0.6 is 12.4 Å². The van der Waals surface area contributed by atoms with Gasteiger partial charge in [-0.15, -0.1) is 12.4 Å². The molecule has 5 heteroatoms. The molecule has 1 aromatic carbocycles. The summed E-state index contributed by atoms with van der Waals surface area (Å²) in [4.78, 5) is 14.9. The summed E-state index contributed by atoms with van der Waals surface area (Å²) in [6.45, 7) is 0.872. The van der Waals surface area contributed by atoms with E-state index in [-0.39, 0.29) is 24.3 Å². The lowest BCUT2D eigenvalue weighted by Gasteiger charge is -2.31. The second kappa shape index (κ2) is 8.05. The highest BCUT2D eigenvalue weighted by Crippen LogP contribution is 2.34. The number of benzene rings is 1. The lowest BCUT2D eigenvalue weighted by atomic mass is 9.89. The van der Waals surface area contributed by atoms with Gasteiger partial charge in [-0.1, -0.05) is 12.1 Å². The third-order valence-electron chi connectivity index (χ3n) is 6.09. The van der Waals surface area contributed by atoms with Crippen LogP contribution in [0.3, 0.4) is 0 Å². The fraction of sp³-hybridized carbons (Fsp3) is 0.650. The molecule has 4 rings (SSSR count). The molecular weight excluding hydrogens is 339 g/mol. The number of amides is 1. The van der Waals surface area contributed by atoms with Crippen molar-refractivity contribution in [3.63, 3.8) is 0 Å². The number of likely N-dealkylation sites (tertiary alicyclic amines) is 1. The van der Waals surface area contributed by atoms with E-state index >= 15 is 0 Å². The number of hydrogen-bond acceptors (Lipinski definition) is 2. The average molecular weight is 367 g/mol. The monoisotopic (exact) mass is 366 g/mol. The summed E-state index contributed by atoms with van der Waals surface area (Å²) >= 11 is 0. The Bertz CT molecular complexity index is 599. The molecule has 138 valence electrons. The van der Waals surface area contributed by atoms with E-state index in [4.69, 9.17) is 0 Å². The zero-order valence-corrected chi connectivity index (χ0v) is 15.4. The van der Waals surface area contributed by atoms with Crippen LogP contribution in [0, 0.1) is 11.7 Å². The zero-order chi connectivity index (χ0) is 16.5. The van der Waals surface area contributed by atoms with Crippen molar-refractivity contribution < 1.29 is 9.18 Å². The molecule has 0 aromatic heterocycles. The number of rotatable bonds is 4. The zero-order valence-electron chi connectivity index (χ0n) is 14.6. The highest BCUT2D eigenvalue weighted by molar-refractivity contribution is 5.85. The molecule has 0 aliphatic carbocycles. The number of piperidine rings is 1. The number of halogens is 2. The molecule has 0 spiro atoms. The fourth-order valence-electron chi connectivity index (χ4n) is 5.02. The smallest absolute Gasteiger partial charge is 0.223 e. The molecular formula is C20H28ClFN2O. The number of carbonyl (C=O) groups excluding carboxylic acids is 1. The molecule has 3 nitrogen and oxygen atoms in total. The fourth-order valence-corrected chi connectivity index (χ4v) is 5.02. The average Bonchev–Trinajstić information content (AvgIpc) is 3.14. The van der Waals surface area contributed by atoms with E-state index < -0.39 is 0 Å². The first-order valence-corrected chi connectivity index (χ1v) is 9.47. The van der Waals surface area contributed by atoms with Gasteiger partial charge in [-0.2, -0.15) is 0 Å². The lowest BCUT2D eigenvalue weighted by molar-refractivity contribution is -0.133. The number of fused-ring (bicyclic) bond motifs is 2. The Labute approximate surface area is 155 Å². The third-order valence-corrected chi connectivity index (χ3v) is 6.09. The maximum atomic E-state index is 13.4. The van der Waals surface area contributed by atoms with Gasteiger partial charge < -0.3 is 10.2 Å². The Kier molecular flexibility index (Phi) is 6.00. The molecule has 0 radical (unpaired) electrons. The van der Waals surface area contributed by atoms with E-state index in [1.54, 1.807) is 12.1 Å². The quantitative estimate of drug-likeness (QED) is 0.881. The molecule has 1 aromatic rings. The Balaban J connectivity index is 0.00000182. The second-order valence-electron chi connectivity index (χ2n) is 7.90. The van der Waals surface area contributed by atoms with Gasteiger partial charge >= 0.3 is 0 Å². The SMILES string of the molecule is Cl.O=C(CC1CC2CCC(C1)N2)N1CCCC1Cc1cccc(F)c1. The van der Waals surface area contributed by atoms with E-state index in [2.05, 4.69) is 10.2 Å². The van der Waals surface area contributed by atoms with Crippen LogP contribution in [0.1, 0.15) is 50.5 Å². The number of nitrogens with one attached hydrogen (secondary N) is 1. The first-order valence-electron chi connectivity index (χ1n) is 9.47. The Morgan fingerprint density at radius 1 is 1.20 bits per heavy atom. The largest absolute Gasteiger partial charge is 0.339 e. The summed E-state index contributed by atoms with van der Waals surface area (Å²) in [5, 5.41) is 3.65. The Hall–Kier alpha value is -1.13. The normalized spacial score (nSPS) is 31.0. The third kappa shape index (κ3) is 4.35. The molecule has 3 unspecified atom stereocenters. The molecule has 25 heavy (non-hydrogen) atoms. The maximum Gasteiger partial charge on any atom is 0.223 e.